The minimum Gasteiger partial charge on any atom is -0.497 e. The Kier molecular flexibility index (Phi) is 4.16. The molecule has 0 fully saturated rings. The molecule has 3 nitrogen and oxygen atoms in total. The molecule has 0 saturated carbocycles. The quantitative estimate of drug-likeness (QED) is 0.822. The van der Waals surface area contributed by atoms with E-state index >= 15 is 0 Å². The molecule has 0 aliphatic rings. The van der Waals surface area contributed by atoms with Crippen LogP contribution in [0.3, 0.4) is 0 Å². The van der Waals surface area contributed by atoms with Crippen molar-refractivity contribution >= 4 is 5.91 Å². The molecule has 0 aliphatic heterocycles. The lowest BCUT2D eigenvalue weighted by atomic mass is 10.0. The van der Waals surface area contributed by atoms with E-state index in [0.717, 1.165) is 17.7 Å². The first-order valence-electron chi connectivity index (χ1n) is 5.08. The molecule has 0 radical (unpaired) electrons. The summed E-state index contributed by atoms with van der Waals surface area (Å²) >= 11 is 0. The summed E-state index contributed by atoms with van der Waals surface area (Å²) in [7, 11) is 1.64. The number of rotatable bonds is 4. The van der Waals surface area contributed by atoms with Gasteiger partial charge in [-0.3, -0.25) is 4.79 Å². The normalized spacial score (nSPS) is 11.9. The maximum absolute atomic E-state index is 11.0. The number of nitrogens with one attached hydrogen (secondary N) is 1. The van der Waals surface area contributed by atoms with Gasteiger partial charge in [-0.1, -0.05) is 19.1 Å². The van der Waals surface area contributed by atoms with Crippen LogP contribution >= 0.6 is 0 Å². The van der Waals surface area contributed by atoms with Gasteiger partial charge in [0, 0.05) is 6.92 Å². The lowest BCUT2D eigenvalue weighted by Gasteiger charge is -2.16. The predicted molar refractivity (Wildman–Crippen MR) is 59.8 cm³/mol. The Labute approximate surface area is 90.4 Å². The van der Waals surface area contributed by atoms with Crippen molar-refractivity contribution in [3.63, 3.8) is 0 Å². The summed E-state index contributed by atoms with van der Waals surface area (Å²) < 4.78 is 5.08. The van der Waals surface area contributed by atoms with Crippen molar-refractivity contribution in [2.75, 3.05) is 7.11 Å². The van der Waals surface area contributed by atoms with Crippen molar-refractivity contribution in [3.8, 4) is 5.75 Å². The van der Waals surface area contributed by atoms with Gasteiger partial charge in [0.25, 0.3) is 0 Å². The van der Waals surface area contributed by atoms with Crippen LogP contribution in [0, 0.1) is 0 Å². The summed E-state index contributed by atoms with van der Waals surface area (Å²) in [6.45, 7) is 3.58. The Morgan fingerprint density at radius 3 is 2.40 bits per heavy atom. The van der Waals surface area contributed by atoms with Gasteiger partial charge in [-0.2, -0.15) is 0 Å². The molecule has 0 bridgehead atoms. The molecule has 15 heavy (non-hydrogen) atoms. The number of benzene rings is 1. The van der Waals surface area contributed by atoms with Gasteiger partial charge in [-0.25, -0.2) is 0 Å². The molecular formula is C12H17NO2. The number of ether oxygens (including phenoxy) is 1. The standard InChI is InChI=1S/C12H17NO2/c1-4-12(13-9(2)14)10-5-7-11(15-3)8-6-10/h5-8,12H,4H2,1-3H3,(H,13,14). The highest BCUT2D eigenvalue weighted by molar-refractivity contribution is 5.73. The smallest absolute Gasteiger partial charge is 0.217 e. The first-order valence-corrected chi connectivity index (χ1v) is 5.08. The summed E-state index contributed by atoms with van der Waals surface area (Å²) in [6.07, 6.45) is 0.881. The van der Waals surface area contributed by atoms with Crippen molar-refractivity contribution in [3.05, 3.63) is 29.8 Å². The largest absolute Gasteiger partial charge is 0.497 e. The van der Waals surface area contributed by atoms with Crippen LogP contribution in [0.4, 0.5) is 0 Å². The van der Waals surface area contributed by atoms with Crippen molar-refractivity contribution in [2.45, 2.75) is 26.3 Å². The average molecular weight is 207 g/mol. The fourth-order valence-corrected chi connectivity index (χ4v) is 1.50. The molecule has 1 aromatic rings. The van der Waals surface area contributed by atoms with E-state index < -0.39 is 0 Å². The third-order valence-electron chi connectivity index (χ3n) is 2.30. The van der Waals surface area contributed by atoms with Crippen LogP contribution in [-0.2, 0) is 4.79 Å². The van der Waals surface area contributed by atoms with Crippen LogP contribution in [-0.4, -0.2) is 13.0 Å². The number of carbonyl (C=O) groups is 1. The molecule has 0 heterocycles. The van der Waals surface area contributed by atoms with Gasteiger partial charge < -0.3 is 10.1 Å². The van der Waals surface area contributed by atoms with E-state index in [0.29, 0.717) is 0 Å². The van der Waals surface area contributed by atoms with E-state index in [9.17, 15) is 4.79 Å². The van der Waals surface area contributed by atoms with Crippen LogP contribution < -0.4 is 10.1 Å². The van der Waals surface area contributed by atoms with E-state index in [1.807, 2.05) is 31.2 Å². The third kappa shape index (κ3) is 3.27. The Hall–Kier alpha value is -1.51. The molecule has 1 rings (SSSR count). The Balaban J connectivity index is 2.78. The minimum atomic E-state index is -0.00216. The Bertz CT molecular complexity index is 319. The highest BCUT2D eigenvalue weighted by Gasteiger charge is 2.09. The Morgan fingerprint density at radius 1 is 1.40 bits per heavy atom. The fourth-order valence-electron chi connectivity index (χ4n) is 1.50. The van der Waals surface area contributed by atoms with Crippen LogP contribution in [0.1, 0.15) is 31.9 Å². The van der Waals surface area contributed by atoms with E-state index in [4.69, 9.17) is 4.74 Å². The van der Waals surface area contributed by atoms with Gasteiger partial charge in [0.2, 0.25) is 5.91 Å². The molecule has 1 unspecified atom stereocenters. The van der Waals surface area contributed by atoms with Gasteiger partial charge in [0.05, 0.1) is 13.2 Å². The summed E-state index contributed by atoms with van der Waals surface area (Å²) in [4.78, 5) is 11.0. The van der Waals surface area contributed by atoms with Crippen molar-refractivity contribution in [2.24, 2.45) is 0 Å². The number of hydrogen-bond acceptors (Lipinski definition) is 2. The zero-order valence-electron chi connectivity index (χ0n) is 9.41. The van der Waals surface area contributed by atoms with Crippen LogP contribution in [0.25, 0.3) is 0 Å². The molecule has 0 aliphatic carbocycles. The van der Waals surface area contributed by atoms with Crippen molar-refractivity contribution in [1.29, 1.82) is 0 Å². The summed E-state index contributed by atoms with van der Waals surface area (Å²) in [5.41, 5.74) is 1.11. The lowest BCUT2D eigenvalue weighted by Crippen LogP contribution is -2.25. The SMILES string of the molecule is CCC(NC(C)=O)c1ccc(OC)cc1. The topological polar surface area (TPSA) is 38.3 Å². The fraction of sp³-hybridized carbons (Fsp3) is 0.417. The minimum absolute atomic E-state index is 0.00216. The van der Waals surface area contributed by atoms with Gasteiger partial charge >= 0.3 is 0 Å². The highest BCUT2D eigenvalue weighted by Crippen LogP contribution is 2.19. The molecular weight excluding hydrogens is 190 g/mol. The summed E-state index contributed by atoms with van der Waals surface area (Å²) in [5, 5.41) is 2.90. The zero-order chi connectivity index (χ0) is 11.3. The Morgan fingerprint density at radius 2 is 2.00 bits per heavy atom. The van der Waals surface area contributed by atoms with Gasteiger partial charge in [0.1, 0.15) is 5.75 Å². The number of hydrogen-bond donors (Lipinski definition) is 1. The summed E-state index contributed by atoms with van der Waals surface area (Å²) in [6, 6.07) is 7.85. The van der Waals surface area contributed by atoms with Crippen LogP contribution in [0.5, 0.6) is 5.75 Å². The van der Waals surface area contributed by atoms with Gasteiger partial charge in [-0.15, -0.1) is 0 Å². The molecule has 0 saturated heterocycles. The number of carbonyl (C=O) groups excluding carboxylic acids is 1. The number of amides is 1. The van der Waals surface area contributed by atoms with Gasteiger partial charge in [-0.05, 0) is 24.1 Å². The van der Waals surface area contributed by atoms with Crippen molar-refractivity contribution in [1.82, 2.24) is 5.32 Å². The van der Waals surface area contributed by atoms with E-state index in [1.165, 1.54) is 6.92 Å². The molecule has 82 valence electrons. The predicted octanol–water partition coefficient (Wildman–Crippen LogP) is 2.28. The molecule has 1 amide bonds. The molecule has 1 aromatic carbocycles. The molecule has 0 spiro atoms. The molecule has 1 atom stereocenters. The van der Waals surface area contributed by atoms with Gasteiger partial charge in [0.15, 0.2) is 0 Å². The summed E-state index contributed by atoms with van der Waals surface area (Å²) in [5.74, 6) is 0.828. The second-order valence-electron chi connectivity index (χ2n) is 3.43. The first-order chi connectivity index (χ1) is 7.17. The van der Waals surface area contributed by atoms with E-state index in [2.05, 4.69) is 5.32 Å². The lowest BCUT2D eigenvalue weighted by molar-refractivity contribution is -0.119. The van der Waals surface area contributed by atoms with E-state index in [-0.39, 0.29) is 11.9 Å². The maximum Gasteiger partial charge on any atom is 0.217 e. The molecule has 3 heteroatoms. The molecule has 0 aromatic heterocycles. The van der Waals surface area contributed by atoms with E-state index in [1.54, 1.807) is 7.11 Å². The second-order valence-corrected chi connectivity index (χ2v) is 3.43. The maximum atomic E-state index is 11.0. The third-order valence-corrected chi connectivity index (χ3v) is 2.30. The number of methoxy groups -OCH3 is 1. The van der Waals surface area contributed by atoms with Crippen LogP contribution in [0.2, 0.25) is 0 Å². The van der Waals surface area contributed by atoms with Crippen molar-refractivity contribution < 1.29 is 9.53 Å². The zero-order valence-corrected chi connectivity index (χ0v) is 9.41. The first kappa shape index (κ1) is 11.6. The monoisotopic (exact) mass is 207 g/mol. The molecule has 1 N–H and O–H groups in total. The highest BCUT2D eigenvalue weighted by atomic mass is 16.5. The van der Waals surface area contributed by atoms with Crippen LogP contribution in [0.15, 0.2) is 24.3 Å². The second kappa shape index (κ2) is 5.39. The average Bonchev–Trinajstić information content (AvgIpc) is 2.26.